The van der Waals surface area contributed by atoms with E-state index in [0.717, 1.165) is 0 Å². The molecule has 0 bridgehead atoms. The Kier molecular flexibility index (Phi) is 5.74. The van der Waals surface area contributed by atoms with Gasteiger partial charge in [0, 0.05) is 26.3 Å². The van der Waals surface area contributed by atoms with Crippen LogP contribution in [-0.2, 0) is 16.0 Å². The number of Topliss-reactive ketones (excluding diaryl/α,β-unsaturated/α-hetero) is 1. The number of ether oxygens (including phenoxy) is 2. The van der Waals surface area contributed by atoms with E-state index in [2.05, 4.69) is 5.10 Å². The van der Waals surface area contributed by atoms with Gasteiger partial charge in [-0.2, -0.15) is 5.10 Å². The number of aromatic nitrogens is 2. The molecule has 0 fully saturated rings. The molecule has 16 heavy (non-hydrogen) atoms. The minimum Gasteiger partial charge on any atom is -0.382 e. The van der Waals surface area contributed by atoms with Gasteiger partial charge in [-0.1, -0.05) is 0 Å². The molecule has 0 aliphatic rings. The molecule has 0 aliphatic heterocycles. The van der Waals surface area contributed by atoms with Crippen LogP contribution < -0.4 is 0 Å². The highest BCUT2D eigenvalue weighted by Gasteiger charge is 2.10. The van der Waals surface area contributed by atoms with E-state index in [-0.39, 0.29) is 5.78 Å². The summed E-state index contributed by atoms with van der Waals surface area (Å²) in [5, 5.41) is 4.05. The first kappa shape index (κ1) is 12.9. The lowest BCUT2D eigenvalue weighted by Crippen LogP contribution is -2.12. The van der Waals surface area contributed by atoms with Crippen LogP contribution in [0.25, 0.3) is 0 Å². The van der Waals surface area contributed by atoms with Crippen molar-refractivity contribution >= 4 is 5.78 Å². The van der Waals surface area contributed by atoms with Crippen LogP contribution in [0, 0.1) is 0 Å². The van der Waals surface area contributed by atoms with E-state index >= 15 is 0 Å². The van der Waals surface area contributed by atoms with E-state index in [9.17, 15) is 4.79 Å². The first-order valence-corrected chi connectivity index (χ1v) is 5.41. The Balaban J connectivity index is 2.30. The van der Waals surface area contributed by atoms with Crippen molar-refractivity contribution in [3.8, 4) is 0 Å². The molecule has 1 rings (SSSR count). The Labute approximate surface area is 95.3 Å². The third-order valence-electron chi connectivity index (χ3n) is 2.21. The summed E-state index contributed by atoms with van der Waals surface area (Å²) in [5.74, 6) is 0.0665. The normalized spacial score (nSPS) is 10.6. The number of nitrogens with zero attached hydrogens (tertiary/aromatic N) is 2. The average Bonchev–Trinajstić information content (AvgIpc) is 2.76. The molecule has 0 spiro atoms. The molecule has 1 aromatic rings. The molecule has 90 valence electrons. The van der Waals surface area contributed by atoms with Gasteiger partial charge >= 0.3 is 0 Å². The summed E-state index contributed by atoms with van der Waals surface area (Å²) >= 11 is 0. The Morgan fingerprint density at radius 1 is 1.44 bits per heavy atom. The van der Waals surface area contributed by atoms with Crippen LogP contribution in [0.5, 0.6) is 0 Å². The van der Waals surface area contributed by atoms with Crippen molar-refractivity contribution in [3.05, 3.63) is 18.0 Å². The highest BCUT2D eigenvalue weighted by Crippen LogP contribution is 2.03. The van der Waals surface area contributed by atoms with Gasteiger partial charge in [0.05, 0.1) is 19.8 Å². The van der Waals surface area contributed by atoms with E-state index in [1.165, 1.54) is 0 Å². The van der Waals surface area contributed by atoms with E-state index < -0.39 is 0 Å². The molecule has 0 N–H and O–H groups in total. The maximum Gasteiger partial charge on any atom is 0.183 e. The molecule has 0 atom stereocenters. The van der Waals surface area contributed by atoms with Gasteiger partial charge in [-0.05, 0) is 13.0 Å². The molecule has 0 saturated carbocycles. The minimum atomic E-state index is 0.0665. The number of methoxy groups -OCH3 is 1. The molecule has 1 aromatic heterocycles. The highest BCUT2D eigenvalue weighted by molar-refractivity contribution is 5.94. The number of ketones is 1. The first-order chi connectivity index (χ1) is 7.79. The summed E-state index contributed by atoms with van der Waals surface area (Å²) in [7, 11) is 1.62. The van der Waals surface area contributed by atoms with E-state index in [1.807, 2.05) is 6.92 Å². The molecule has 0 radical (unpaired) electrons. The van der Waals surface area contributed by atoms with Crippen molar-refractivity contribution in [1.29, 1.82) is 0 Å². The van der Waals surface area contributed by atoms with Crippen molar-refractivity contribution in [3.63, 3.8) is 0 Å². The first-order valence-electron chi connectivity index (χ1n) is 5.41. The van der Waals surface area contributed by atoms with Gasteiger partial charge < -0.3 is 9.47 Å². The Hall–Kier alpha value is -1.20. The number of rotatable bonds is 8. The predicted molar refractivity (Wildman–Crippen MR) is 59.5 cm³/mol. The lowest BCUT2D eigenvalue weighted by Gasteiger charge is -2.04. The number of aryl methyl sites for hydroxylation is 1. The maximum atomic E-state index is 11.7. The molecule has 0 aromatic carbocycles. The third-order valence-corrected chi connectivity index (χ3v) is 2.21. The second-order valence-corrected chi connectivity index (χ2v) is 3.31. The summed E-state index contributed by atoms with van der Waals surface area (Å²) in [5.41, 5.74) is 0.651. The van der Waals surface area contributed by atoms with Crippen LogP contribution in [-0.4, -0.2) is 42.5 Å². The molecule has 5 heteroatoms. The molecule has 0 aliphatic carbocycles. The topological polar surface area (TPSA) is 53.4 Å². The lowest BCUT2D eigenvalue weighted by atomic mass is 10.2. The van der Waals surface area contributed by atoms with Gasteiger partial charge in [0.1, 0.15) is 5.69 Å². The molecule has 0 unspecified atom stereocenters. The lowest BCUT2D eigenvalue weighted by molar-refractivity contribution is 0.0637. The van der Waals surface area contributed by atoms with Gasteiger partial charge in [-0.25, -0.2) is 0 Å². The summed E-state index contributed by atoms with van der Waals surface area (Å²) < 4.78 is 11.8. The zero-order valence-corrected chi connectivity index (χ0v) is 9.81. The number of carbonyl (C=O) groups excluding carboxylic acids is 1. The number of carbonyl (C=O) groups is 1. The van der Waals surface area contributed by atoms with Gasteiger partial charge in [0.15, 0.2) is 5.78 Å². The van der Waals surface area contributed by atoms with Crippen LogP contribution in [0.1, 0.15) is 23.8 Å². The Bertz CT molecular complexity index is 323. The van der Waals surface area contributed by atoms with Gasteiger partial charge in [-0.3, -0.25) is 9.48 Å². The van der Waals surface area contributed by atoms with Crippen molar-refractivity contribution in [2.45, 2.75) is 19.9 Å². The predicted octanol–water partition coefficient (Wildman–Crippen LogP) is 1.14. The van der Waals surface area contributed by atoms with Crippen molar-refractivity contribution < 1.29 is 14.3 Å². The number of hydrogen-bond donors (Lipinski definition) is 0. The smallest absolute Gasteiger partial charge is 0.183 e. The second-order valence-electron chi connectivity index (χ2n) is 3.31. The van der Waals surface area contributed by atoms with Crippen molar-refractivity contribution in [2.24, 2.45) is 0 Å². The molecular formula is C11H18N2O3. The van der Waals surface area contributed by atoms with Gasteiger partial charge in [-0.15, -0.1) is 0 Å². The summed E-state index contributed by atoms with van der Waals surface area (Å²) in [4.78, 5) is 11.7. The zero-order valence-electron chi connectivity index (χ0n) is 9.81. The van der Waals surface area contributed by atoms with Crippen LogP contribution >= 0.6 is 0 Å². The van der Waals surface area contributed by atoms with E-state index in [0.29, 0.717) is 38.5 Å². The number of hydrogen-bond acceptors (Lipinski definition) is 4. The summed E-state index contributed by atoms with van der Waals surface area (Å²) in [6.45, 7) is 4.17. The van der Waals surface area contributed by atoms with Crippen LogP contribution in [0.4, 0.5) is 0 Å². The largest absolute Gasteiger partial charge is 0.382 e. The molecular weight excluding hydrogens is 208 g/mol. The molecule has 5 nitrogen and oxygen atoms in total. The molecule has 0 saturated heterocycles. The van der Waals surface area contributed by atoms with Gasteiger partial charge in [0.2, 0.25) is 0 Å². The maximum absolute atomic E-state index is 11.7. The van der Waals surface area contributed by atoms with Crippen LogP contribution in [0.2, 0.25) is 0 Å². The molecule has 1 heterocycles. The van der Waals surface area contributed by atoms with Crippen molar-refractivity contribution in [2.75, 3.05) is 26.9 Å². The SMILES string of the molecule is CCn1nccc1C(=O)CCOCCOC. The van der Waals surface area contributed by atoms with Gasteiger partial charge in [0.25, 0.3) is 0 Å². The minimum absolute atomic E-state index is 0.0665. The van der Waals surface area contributed by atoms with Crippen molar-refractivity contribution in [1.82, 2.24) is 9.78 Å². The van der Waals surface area contributed by atoms with E-state index in [4.69, 9.17) is 9.47 Å². The fraction of sp³-hybridized carbons (Fsp3) is 0.636. The van der Waals surface area contributed by atoms with Crippen LogP contribution in [0.15, 0.2) is 12.3 Å². The summed E-state index contributed by atoms with van der Waals surface area (Å²) in [6.07, 6.45) is 2.03. The summed E-state index contributed by atoms with van der Waals surface area (Å²) in [6, 6.07) is 1.74. The third kappa shape index (κ3) is 3.75. The zero-order chi connectivity index (χ0) is 11.8. The monoisotopic (exact) mass is 226 g/mol. The fourth-order valence-corrected chi connectivity index (χ4v) is 1.36. The fourth-order valence-electron chi connectivity index (χ4n) is 1.36. The average molecular weight is 226 g/mol. The second kappa shape index (κ2) is 7.14. The van der Waals surface area contributed by atoms with Crippen LogP contribution in [0.3, 0.4) is 0 Å². The highest BCUT2D eigenvalue weighted by atomic mass is 16.5. The Morgan fingerprint density at radius 3 is 2.94 bits per heavy atom. The molecule has 0 amide bonds. The standard InChI is InChI=1S/C11H18N2O3/c1-3-13-10(4-6-12-13)11(14)5-7-16-9-8-15-2/h4,6H,3,5,7-9H2,1-2H3. The van der Waals surface area contributed by atoms with E-state index in [1.54, 1.807) is 24.1 Å². The Morgan fingerprint density at radius 2 is 2.25 bits per heavy atom. The quantitative estimate of drug-likeness (QED) is 0.492.